The Hall–Kier alpha value is -4.02. The lowest BCUT2D eigenvalue weighted by Gasteiger charge is -2.38. The lowest BCUT2D eigenvalue weighted by atomic mass is 9.91. The molecule has 0 atom stereocenters. The van der Waals surface area contributed by atoms with Gasteiger partial charge in [0.1, 0.15) is 0 Å². The van der Waals surface area contributed by atoms with Crippen LogP contribution in [0.4, 0.5) is 5.69 Å². The summed E-state index contributed by atoms with van der Waals surface area (Å²) in [6.45, 7) is 5.58. The van der Waals surface area contributed by atoms with Crippen molar-refractivity contribution < 1.29 is 19.5 Å². The molecule has 1 aromatic heterocycles. The molecule has 10 nitrogen and oxygen atoms in total. The Morgan fingerprint density at radius 3 is 2.65 bits per heavy atom. The summed E-state index contributed by atoms with van der Waals surface area (Å²) in [5.74, 6) is -0.306. The number of hydrogen-bond donors (Lipinski definition) is 2. The number of unbranched alkanes of at least 4 members (excludes halogenated alkanes) is 1. The van der Waals surface area contributed by atoms with Crippen molar-refractivity contribution in [1.29, 1.82) is 0 Å². The summed E-state index contributed by atoms with van der Waals surface area (Å²) >= 11 is 6.00. The minimum atomic E-state index is -1.11. The molecule has 3 amide bonds. The van der Waals surface area contributed by atoms with E-state index in [-0.39, 0.29) is 29.8 Å². The number of nitrogens with one attached hydrogen (secondary N) is 1. The molecule has 3 heterocycles. The van der Waals surface area contributed by atoms with Crippen LogP contribution in [0.15, 0.2) is 60.2 Å². The van der Waals surface area contributed by atoms with Gasteiger partial charge in [0.05, 0.1) is 29.4 Å². The van der Waals surface area contributed by atoms with Gasteiger partial charge in [-0.2, -0.15) is 0 Å². The average Bonchev–Trinajstić information content (AvgIpc) is 3.01. The van der Waals surface area contributed by atoms with Gasteiger partial charge in [0.2, 0.25) is 11.8 Å². The van der Waals surface area contributed by atoms with Gasteiger partial charge in [0, 0.05) is 48.9 Å². The van der Waals surface area contributed by atoms with Crippen LogP contribution in [-0.2, 0) is 22.6 Å². The first-order valence-corrected chi connectivity index (χ1v) is 15.1. The fourth-order valence-corrected chi connectivity index (χ4v) is 6.00. The average molecular weight is 606 g/mol. The first kappa shape index (κ1) is 30.4. The highest BCUT2D eigenvalue weighted by Crippen LogP contribution is 2.29. The lowest BCUT2D eigenvalue weighted by Crippen LogP contribution is -2.49. The third-order valence-corrected chi connectivity index (χ3v) is 8.54. The molecule has 3 aromatic rings. The van der Waals surface area contributed by atoms with E-state index >= 15 is 0 Å². The van der Waals surface area contributed by atoms with Crippen LogP contribution in [0.5, 0.6) is 0 Å². The summed E-state index contributed by atoms with van der Waals surface area (Å²) in [7, 11) is 0. The SMILES string of the molecule is C=CC(=O)N1CCCc2cc(C(=O)NCCCCC(=O)N3CCC(O)(Cn4cnc5cc(Cl)ccc5c4=O)CC3)ccc21. The Morgan fingerprint density at radius 1 is 1.09 bits per heavy atom. The van der Waals surface area contributed by atoms with Crippen molar-refractivity contribution in [3.05, 3.63) is 81.9 Å². The number of carbonyl (C=O) groups excluding carboxylic acids is 3. The molecule has 2 N–H and O–H groups in total. The number of likely N-dealkylation sites (tertiary alicyclic amines) is 1. The van der Waals surface area contributed by atoms with Gasteiger partial charge in [-0.05, 0) is 86.6 Å². The van der Waals surface area contributed by atoms with Gasteiger partial charge in [-0.3, -0.25) is 23.7 Å². The number of carbonyl (C=O) groups is 3. The topological polar surface area (TPSA) is 125 Å². The van der Waals surface area contributed by atoms with E-state index in [1.54, 1.807) is 34.1 Å². The number of rotatable bonds is 9. The molecule has 1 fully saturated rings. The second-order valence-corrected chi connectivity index (χ2v) is 11.7. The number of nitrogens with zero attached hydrogens (tertiary/aromatic N) is 4. The number of hydrogen-bond acceptors (Lipinski definition) is 6. The molecule has 2 aliphatic rings. The van der Waals surface area contributed by atoms with Crippen LogP contribution in [-0.4, -0.2) is 69.1 Å². The smallest absolute Gasteiger partial charge is 0.261 e. The summed E-state index contributed by atoms with van der Waals surface area (Å²) in [4.78, 5) is 58.3. The fraction of sp³-hybridized carbons (Fsp3) is 0.406. The number of halogens is 1. The Bertz CT molecular complexity index is 1610. The Kier molecular flexibility index (Phi) is 9.27. The molecule has 1 saturated heterocycles. The van der Waals surface area contributed by atoms with E-state index < -0.39 is 5.60 Å². The van der Waals surface area contributed by atoms with Crippen LogP contribution in [0.3, 0.4) is 0 Å². The molecule has 2 aliphatic heterocycles. The minimum absolute atomic E-state index is 0.0168. The summed E-state index contributed by atoms with van der Waals surface area (Å²) in [6, 6.07) is 10.3. The Balaban J connectivity index is 1.04. The summed E-state index contributed by atoms with van der Waals surface area (Å²) in [5.41, 5.74) is 1.51. The zero-order valence-corrected chi connectivity index (χ0v) is 24.8. The third kappa shape index (κ3) is 6.97. The van der Waals surface area contributed by atoms with Crippen molar-refractivity contribution in [2.24, 2.45) is 0 Å². The largest absolute Gasteiger partial charge is 0.388 e. The first-order valence-electron chi connectivity index (χ1n) is 14.7. The van der Waals surface area contributed by atoms with E-state index in [4.69, 9.17) is 11.6 Å². The molecule has 11 heteroatoms. The predicted octanol–water partition coefficient (Wildman–Crippen LogP) is 3.47. The van der Waals surface area contributed by atoms with Crippen LogP contribution in [0.2, 0.25) is 5.02 Å². The second kappa shape index (κ2) is 13.1. The number of aliphatic hydroxyl groups is 1. The van der Waals surface area contributed by atoms with Crippen molar-refractivity contribution in [1.82, 2.24) is 19.8 Å². The maximum atomic E-state index is 12.9. The van der Waals surface area contributed by atoms with E-state index in [1.165, 1.54) is 17.0 Å². The van der Waals surface area contributed by atoms with Gasteiger partial charge < -0.3 is 20.2 Å². The molecule has 0 aliphatic carbocycles. The van der Waals surface area contributed by atoms with Gasteiger partial charge in [0.25, 0.3) is 11.5 Å². The maximum absolute atomic E-state index is 12.9. The molecule has 2 aromatic carbocycles. The van der Waals surface area contributed by atoms with Crippen molar-refractivity contribution in [3.8, 4) is 0 Å². The van der Waals surface area contributed by atoms with Gasteiger partial charge in [-0.25, -0.2) is 4.98 Å². The molecule has 0 bridgehead atoms. The molecule has 0 saturated carbocycles. The normalized spacial score (nSPS) is 16.0. The quantitative estimate of drug-likeness (QED) is 0.284. The maximum Gasteiger partial charge on any atom is 0.261 e. The van der Waals surface area contributed by atoms with E-state index in [1.807, 2.05) is 12.1 Å². The summed E-state index contributed by atoms with van der Waals surface area (Å²) < 4.78 is 1.42. The van der Waals surface area contributed by atoms with E-state index in [9.17, 15) is 24.3 Å². The van der Waals surface area contributed by atoms with Crippen molar-refractivity contribution in [2.75, 3.05) is 31.1 Å². The molecule has 0 unspecified atom stereocenters. The molecule has 226 valence electrons. The van der Waals surface area contributed by atoms with E-state index in [2.05, 4.69) is 16.9 Å². The van der Waals surface area contributed by atoms with Gasteiger partial charge in [0.15, 0.2) is 0 Å². The zero-order valence-electron chi connectivity index (χ0n) is 24.1. The number of anilines is 1. The van der Waals surface area contributed by atoms with Crippen LogP contribution < -0.4 is 15.8 Å². The number of benzene rings is 2. The standard InChI is InChI=1S/C32H36ClN5O5/c1-2-28(39)38-15-5-6-22-18-23(8-11-27(22)38)30(41)34-14-4-3-7-29(40)36-16-12-32(43,13-17-36)20-37-21-35-26-19-24(33)9-10-25(26)31(37)42/h2,8-11,18-19,21,43H,1,3-7,12-17,20H2,(H,34,41). The van der Waals surface area contributed by atoms with E-state index in [0.717, 1.165) is 24.1 Å². The molecule has 0 radical (unpaired) electrons. The van der Waals surface area contributed by atoms with Crippen molar-refractivity contribution in [2.45, 2.75) is 57.1 Å². The van der Waals surface area contributed by atoms with Crippen LogP contribution >= 0.6 is 11.6 Å². The molecule has 0 spiro atoms. The third-order valence-electron chi connectivity index (χ3n) is 8.30. The predicted molar refractivity (Wildman–Crippen MR) is 165 cm³/mol. The lowest BCUT2D eigenvalue weighted by molar-refractivity contribution is -0.136. The number of amides is 3. The van der Waals surface area contributed by atoms with Crippen molar-refractivity contribution in [3.63, 3.8) is 0 Å². The van der Waals surface area contributed by atoms with Crippen LogP contribution in [0.25, 0.3) is 10.9 Å². The minimum Gasteiger partial charge on any atom is -0.388 e. The van der Waals surface area contributed by atoms with Gasteiger partial charge in [-0.1, -0.05) is 18.2 Å². The molecule has 5 rings (SSSR count). The Labute approximate surface area is 255 Å². The highest BCUT2D eigenvalue weighted by molar-refractivity contribution is 6.31. The number of piperidine rings is 1. The number of aryl methyl sites for hydroxylation is 1. The highest BCUT2D eigenvalue weighted by atomic mass is 35.5. The number of fused-ring (bicyclic) bond motifs is 2. The van der Waals surface area contributed by atoms with Crippen molar-refractivity contribution >= 4 is 45.9 Å². The first-order chi connectivity index (χ1) is 20.7. The fourth-order valence-electron chi connectivity index (χ4n) is 5.83. The second-order valence-electron chi connectivity index (χ2n) is 11.3. The summed E-state index contributed by atoms with van der Waals surface area (Å²) in [5, 5.41) is 15.0. The van der Waals surface area contributed by atoms with Crippen LogP contribution in [0.1, 0.15) is 54.4 Å². The summed E-state index contributed by atoms with van der Waals surface area (Å²) in [6.07, 6.45) is 6.74. The molecular weight excluding hydrogens is 570 g/mol. The van der Waals surface area contributed by atoms with Crippen LogP contribution in [0, 0.1) is 0 Å². The van der Waals surface area contributed by atoms with Gasteiger partial charge >= 0.3 is 0 Å². The number of aromatic nitrogens is 2. The van der Waals surface area contributed by atoms with E-state index in [0.29, 0.717) is 79.8 Å². The molecule has 43 heavy (non-hydrogen) atoms. The highest BCUT2D eigenvalue weighted by Gasteiger charge is 2.34. The zero-order chi connectivity index (χ0) is 30.6. The van der Waals surface area contributed by atoms with Gasteiger partial charge in [-0.15, -0.1) is 0 Å². The molecular formula is C32H36ClN5O5. The Morgan fingerprint density at radius 2 is 1.88 bits per heavy atom. The monoisotopic (exact) mass is 605 g/mol.